The average Bonchev–Trinajstić information content (AvgIpc) is 2.51. The van der Waals surface area contributed by atoms with Crippen LogP contribution in [0.2, 0.25) is 0 Å². The van der Waals surface area contributed by atoms with E-state index in [1.165, 1.54) is 83.5 Å². The maximum absolute atomic E-state index is 10.3. The van der Waals surface area contributed by atoms with E-state index in [0.717, 1.165) is 12.8 Å². The lowest BCUT2D eigenvalue weighted by Gasteiger charge is -2.03. The van der Waals surface area contributed by atoms with Crippen LogP contribution in [0, 0.1) is 0 Å². The quantitative estimate of drug-likeness (QED) is 0.412. The van der Waals surface area contributed by atoms with E-state index in [1.54, 1.807) is 0 Å². The molecular formula is C20H44ClNO2. The largest absolute Gasteiger partial charge is 1.00 e. The molecule has 4 heteroatoms. The van der Waals surface area contributed by atoms with Crippen molar-refractivity contribution in [3.8, 4) is 0 Å². The highest BCUT2D eigenvalue weighted by Gasteiger charge is 1.97. The lowest BCUT2D eigenvalue weighted by Crippen LogP contribution is -3.00. The maximum Gasteiger partial charge on any atom is 0.303 e. The molecule has 148 valence electrons. The van der Waals surface area contributed by atoms with Gasteiger partial charge in [-0.1, -0.05) is 96.8 Å². The molecule has 0 amide bonds. The SMILES string of the molecule is CCCCCCCCCCCCCCCCCC(=O)O.C[NH2+]C.[Cl-]. The van der Waals surface area contributed by atoms with Crippen LogP contribution in [-0.2, 0) is 4.79 Å². The van der Waals surface area contributed by atoms with Crippen LogP contribution in [0.25, 0.3) is 0 Å². The van der Waals surface area contributed by atoms with Gasteiger partial charge in [0.2, 0.25) is 0 Å². The van der Waals surface area contributed by atoms with E-state index >= 15 is 0 Å². The molecule has 0 saturated carbocycles. The van der Waals surface area contributed by atoms with Gasteiger partial charge in [0.15, 0.2) is 0 Å². The van der Waals surface area contributed by atoms with E-state index in [1.807, 2.05) is 19.4 Å². The van der Waals surface area contributed by atoms with Crippen molar-refractivity contribution in [3.05, 3.63) is 0 Å². The second-order valence-electron chi connectivity index (χ2n) is 6.67. The second kappa shape index (κ2) is 27.6. The van der Waals surface area contributed by atoms with Crippen molar-refractivity contribution in [2.75, 3.05) is 14.1 Å². The van der Waals surface area contributed by atoms with Crippen LogP contribution < -0.4 is 17.7 Å². The third-order valence-corrected chi connectivity index (χ3v) is 3.99. The number of carboxylic acids is 1. The van der Waals surface area contributed by atoms with Crippen molar-refractivity contribution in [2.45, 2.75) is 110 Å². The molecule has 0 bridgehead atoms. The summed E-state index contributed by atoms with van der Waals surface area (Å²) in [4.78, 5) is 10.3. The highest BCUT2D eigenvalue weighted by Crippen LogP contribution is 2.13. The molecule has 0 fully saturated rings. The van der Waals surface area contributed by atoms with Crippen LogP contribution in [0.5, 0.6) is 0 Å². The van der Waals surface area contributed by atoms with Crippen LogP contribution in [0.4, 0.5) is 0 Å². The van der Waals surface area contributed by atoms with Gasteiger partial charge in [0.25, 0.3) is 0 Å². The Labute approximate surface area is 157 Å². The first kappa shape index (κ1) is 28.5. The number of aliphatic carboxylic acids is 1. The second-order valence-corrected chi connectivity index (χ2v) is 6.67. The van der Waals surface area contributed by atoms with Crippen LogP contribution in [-0.4, -0.2) is 25.2 Å². The Morgan fingerprint density at radius 2 is 0.917 bits per heavy atom. The van der Waals surface area contributed by atoms with Gasteiger partial charge in [-0.15, -0.1) is 0 Å². The van der Waals surface area contributed by atoms with Gasteiger partial charge < -0.3 is 22.8 Å². The first-order chi connectivity index (χ1) is 11.2. The molecule has 0 rings (SSSR count). The molecule has 0 spiro atoms. The van der Waals surface area contributed by atoms with Crippen molar-refractivity contribution in [2.24, 2.45) is 0 Å². The third kappa shape index (κ3) is 33.4. The summed E-state index contributed by atoms with van der Waals surface area (Å²) < 4.78 is 0. The summed E-state index contributed by atoms with van der Waals surface area (Å²) in [5.41, 5.74) is 0. The molecule has 0 aliphatic heterocycles. The number of hydrogen-bond acceptors (Lipinski definition) is 1. The van der Waals surface area contributed by atoms with Crippen molar-refractivity contribution in [1.29, 1.82) is 0 Å². The van der Waals surface area contributed by atoms with Gasteiger partial charge in [-0.05, 0) is 6.42 Å². The van der Waals surface area contributed by atoms with Crippen LogP contribution in [0.1, 0.15) is 110 Å². The number of carbonyl (C=O) groups is 1. The summed E-state index contributed by atoms with van der Waals surface area (Å²) in [5.74, 6) is -0.653. The van der Waals surface area contributed by atoms with E-state index in [-0.39, 0.29) is 12.4 Å². The fourth-order valence-corrected chi connectivity index (χ4v) is 2.65. The van der Waals surface area contributed by atoms with E-state index in [0.29, 0.717) is 6.42 Å². The van der Waals surface area contributed by atoms with Crippen molar-refractivity contribution in [3.63, 3.8) is 0 Å². The zero-order valence-electron chi connectivity index (χ0n) is 16.6. The Bertz CT molecular complexity index is 226. The first-order valence-corrected chi connectivity index (χ1v) is 10.1. The molecule has 0 aliphatic rings. The van der Waals surface area contributed by atoms with Gasteiger partial charge in [-0.2, -0.15) is 0 Å². The molecule has 0 aromatic carbocycles. The maximum atomic E-state index is 10.3. The number of halogens is 1. The summed E-state index contributed by atoms with van der Waals surface area (Å²) in [6.45, 7) is 2.27. The number of rotatable bonds is 16. The minimum Gasteiger partial charge on any atom is -1.00 e. The lowest BCUT2D eigenvalue weighted by molar-refractivity contribution is -0.597. The first-order valence-electron chi connectivity index (χ1n) is 10.1. The number of unbranched alkanes of at least 4 members (excludes halogenated alkanes) is 14. The topological polar surface area (TPSA) is 53.9 Å². The molecule has 3 N–H and O–H groups in total. The molecule has 3 nitrogen and oxygen atoms in total. The van der Waals surface area contributed by atoms with Crippen LogP contribution in [0.15, 0.2) is 0 Å². The number of nitrogens with two attached hydrogens (primary N) is 1. The average molecular weight is 366 g/mol. The number of hydrogen-bond donors (Lipinski definition) is 2. The highest BCUT2D eigenvalue weighted by atomic mass is 35.5. The molecular weight excluding hydrogens is 322 g/mol. The number of quaternary nitrogens is 1. The van der Waals surface area contributed by atoms with Crippen molar-refractivity contribution in [1.82, 2.24) is 0 Å². The molecule has 0 aromatic rings. The summed E-state index contributed by atoms with van der Waals surface area (Å²) in [5, 5.41) is 10.5. The fourth-order valence-electron chi connectivity index (χ4n) is 2.65. The zero-order valence-corrected chi connectivity index (χ0v) is 17.4. The Morgan fingerprint density at radius 1 is 0.667 bits per heavy atom. The monoisotopic (exact) mass is 365 g/mol. The Balaban J connectivity index is -0.00000102. The summed E-state index contributed by atoms with van der Waals surface area (Å²) in [6.07, 6.45) is 20.2. The zero-order chi connectivity index (χ0) is 17.6. The predicted molar refractivity (Wildman–Crippen MR) is 101 cm³/mol. The third-order valence-electron chi connectivity index (χ3n) is 3.99. The Hall–Kier alpha value is -0.280. The summed E-state index contributed by atoms with van der Waals surface area (Å²) in [6, 6.07) is 0. The van der Waals surface area contributed by atoms with Gasteiger partial charge in [0, 0.05) is 6.42 Å². The van der Waals surface area contributed by atoms with Gasteiger partial charge in [-0.25, -0.2) is 0 Å². The Kier molecular flexibility index (Phi) is 32.8. The minimum atomic E-state index is -0.653. The molecule has 0 heterocycles. The standard InChI is InChI=1S/C18H36O2.C2H7N.ClH/c1-2-3-4-5-6-7-8-9-10-11-12-13-14-15-16-17-18(19)20;1-3-2;/h2-17H2,1H3,(H,19,20);3H,1-2H3;1H. The molecule has 0 saturated heterocycles. The van der Waals surface area contributed by atoms with Crippen LogP contribution >= 0.6 is 0 Å². The van der Waals surface area contributed by atoms with E-state index < -0.39 is 5.97 Å². The number of carboxylic acid groups (broad SMARTS) is 1. The van der Waals surface area contributed by atoms with Gasteiger partial charge in [-0.3, -0.25) is 4.79 Å². The van der Waals surface area contributed by atoms with E-state index in [4.69, 9.17) is 5.11 Å². The smallest absolute Gasteiger partial charge is 0.303 e. The Morgan fingerprint density at radius 3 is 1.17 bits per heavy atom. The fraction of sp³-hybridized carbons (Fsp3) is 0.950. The molecule has 0 aliphatic carbocycles. The van der Waals surface area contributed by atoms with Gasteiger partial charge in [0.05, 0.1) is 14.1 Å². The van der Waals surface area contributed by atoms with Gasteiger partial charge >= 0.3 is 5.97 Å². The molecule has 24 heavy (non-hydrogen) atoms. The molecule has 0 aromatic heterocycles. The molecule has 0 radical (unpaired) electrons. The van der Waals surface area contributed by atoms with Crippen molar-refractivity contribution < 1.29 is 27.6 Å². The van der Waals surface area contributed by atoms with E-state index in [2.05, 4.69) is 6.92 Å². The van der Waals surface area contributed by atoms with Gasteiger partial charge in [0.1, 0.15) is 0 Å². The molecule has 0 unspecified atom stereocenters. The lowest BCUT2D eigenvalue weighted by atomic mass is 10.0. The van der Waals surface area contributed by atoms with Crippen LogP contribution in [0.3, 0.4) is 0 Å². The summed E-state index contributed by atoms with van der Waals surface area (Å²) in [7, 11) is 4.00. The normalized spacial score (nSPS) is 9.79. The molecule has 0 atom stereocenters. The highest BCUT2D eigenvalue weighted by molar-refractivity contribution is 5.66. The predicted octanol–water partition coefficient (Wildman–Crippen LogP) is 2.15. The summed E-state index contributed by atoms with van der Waals surface area (Å²) >= 11 is 0. The van der Waals surface area contributed by atoms with Crippen molar-refractivity contribution >= 4 is 5.97 Å². The van der Waals surface area contributed by atoms with E-state index in [9.17, 15) is 4.79 Å². The minimum absolute atomic E-state index is 0.